The monoisotopic (exact) mass is 515 g/mol. The lowest BCUT2D eigenvalue weighted by molar-refractivity contribution is -0.157. The smallest absolute Gasteiger partial charge is 0.435 e. The minimum absolute atomic E-state index is 0.0515. The largest absolute Gasteiger partial charge is 0.511 e. The number of nitrogens with two attached hydrogens (primary N) is 1. The van der Waals surface area contributed by atoms with Crippen molar-refractivity contribution in [2.45, 2.75) is 18.3 Å². The lowest BCUT2D eigenvalue weighted by Gasteiger charge is -2.49. The molecule has 16 heteroatoms. The number of thioether (sulfide) groups is 1. The van der Waals surface area contributed by atoms with E-state index in [-0.39, 0.29) is 29.7 Å². The van der Waals surface area contributed by atoms with Crippen LogP contribution < -0.4 is 11.1 Å². The van der Waals surface area contributed by atoms with Crippen LogP contribution in [-0.4, -0.2) is 89.0 Å². The summed E-state index contributed by atoms with van der Waals surface area (Å²) < 4.78 is 19.3. The van der Waals surface area contributed by atoms with Gasteiger partial charge in [-0.3, -0.25) is 14.5 Å². The molecule has 1 saturated heterocycles. The molecule has 3 heterocycles. The van der Waals surface area contributed by atoms with Gasteiger partial charge in [-0.2, -0.15) is 0 Å². The molecule has 1 aromatic rings. The lowest BCUT2D eigenvalue weighted by atomic mass is 10.0. The fourth-order valence-electron chi connectivity index (χ4n) is 3.13. The quantitative estimate of drug-likeness (QED) is 0.0987. The number of nitrogen functional groups attached to an aromatic ring is 1. The van der Waals surface area contributed by atoms with Crippen molar-refractivity contribution in [3.05, 3.63) is 22.3 Å². The number of amides is 2. The number of nitrogens with one attached hydrogen (secondary N) is 1. The van der Waals surface area contributed by atoms with Gasteiger partial charge in [-0.05, 0) is 12.5 Å². The number of aromatic nitrogens is 1. The molecule has 184 valence electrons. The third kappa shape index (κ3) is 5.23. The summed E-state index contributed by atoms with van der Waals surface area (Å²) in [6.45, 7) is 1.01. The number of ether oxygens (including phenoxy) is 4. The Balaban J connectivity index is 1.70. The van der Waals surface area contributed by atoms with Crippen LogP contribution in [0.2, 0.25) is 0 Å². The molecule has 1 unspecified atom stereocenters. The Morgan fingerprint density at radius 1 is 1.35 bits per heavy atom. The molecular formula is C18H21N5O9S2. The van der Waals surface area contributed by atoms with E-state index in [4.69, 9.17) is 15.2 Å². The third-order valence-electron chi connectivity index (χ3n) is 4.55. The second-order valence-corrected chi connectivity index (χ2v) is 8.64. The van der Waals surface area contributed by atoms with Gasteiger partial charge >= 0.3 is 12.1 Å². The molecule has 3 rings (SSSR count). The minimum atomic E-state index is -1.01. The molecule has 1 aromatic heterocycles. The second-order valence-electron chi connectivity index (χ2n) is 6.64. The van der Waals surface area contributed by atoms with E-state index in [9.17, 15) is 24.4 Å². The van der Waals surface area contributed by atoms with Crippen LogP contribution in [0.25, 0.3) is 0 Å². The molecule has 2 atom stereocenters. The normalized spacial score (nSPS) is 19.8. The van der Waals surface area contributed by atoms with Gasteiger partial charge in [0.05, 0.1) is 13.2 Å². The molecule has 0 aromatic carbocycles. The van der Waals surface area contributed by atoms with E-state index in [2.05, 4.69) is 24.9 Å². The van der Waals surface area contributed by atoms with E-state index in [1.54, 1.807) is 6.92 Å². The third-order valence-corrected chi connectivity index (χ3v) is 6.57. The average molecular weight is 516 g/mol. The number of carbonyl (C=O) groups is 4. The number of nitrogens with zero attached hydrogens (tertiary/aromatic N) is 3. The van der Waals surface area contributed by atoms with Gasteiger partial charge in [-0.15, -0.1) is 23.1 Å². The molecule has 14 nitrogen and oxygen atoms in total. The molecule has 0 radical (unpaired) electrons. The maximum absolute atomic E-state index is 12.9. The molecule has 4 N–H and O–H groups in total. The van der Waals surface area contributed by atoms with Crippen molar-refractivity contribution in [1.82, 2.24) is 15.2 Å². The highest BCUT2D eigenvalue weighted by molar-refractivity contribution is 8.00. The summed E-state index contributed by atoms with van der Waals surface area (Å²) in [6.07, 6.45) is -1.01. The molecule has 0 bridgehead atoms. The number of carbonyl (C=O) groups excluding carboxylic acids is 4. The molecule has 2 aliphatic heterocycles. The number of rotatable bonds is 9. The van der Waals surface area contributed by atoms with Gasteiger partial charge in [0, 0.05) is 18.2 Å². The topological polar surface area (TPSA) is 192 Å². The number of hydrogen-bond donors (Lipinski definition) is 3. The SMILES string of the molecule is CCOC(=O)OCOC(=O)C1=C(COC)CS[C@@H]2C(NC(=O)C(=NO)c3csc(N)n3)C(=O)N12. The number of esters is 1. The van der Waals surface area contributed by atoms with Gasteiger partial charge in [-0.1, -0.05) is 5.16 Å². The predicted octanol–water partition coefficient (Wildman–Crippen LogP) is -0.122. The van der Waals surface area contributed by atoms with Gasteiger partial charge in [0.1, 0.15) is 22.8 Å². The first-order valence-electron chi connectivity index (χ1n) is 9.68. The van der Waals surface area contributed by atoms with Crippen LogP contribution in [-0.2, 0) is 33.3 Å². The molecule has 0 aliphatic carbocycles. The Hall–Kier alpha value is -3.37. The highest BCUT2D eigenvalue weighted by Crippen LogP contribution is 2.40. The fourth-order valence-corrected chi connectivity index (χ4v) is 5.01. The van der Waals surface area contributed by atoms with E-state index < -0.39 is 47.9 Å². The summed E-state index contributed by atoms with van der Waals surface area (Å²) in [5, 5.41) is 15.7. The van der Waals surface area contributed by atoms with Gasteiger partial charge in [0.25, 0.3) is 11.8 Å². The second kappa shape index (κ2) is 11.2. The first-order valence-corrected chi connectivity index (χ1v) is 11.6. The maximum atomic E-state index is 12.9. The van der Waals surface area contributed by atoms with E-state index in [1.165, 1.54) is 29.2 Å². The molecule has 2 amide bonds. The van der Waals surface area contributed by atoms with E-state index >= 15 is 0 Å². The van der Waals surface area contributed by atoms with Crippen molar-refractivity contribution in [3.8, 4) is 0 Å². The maximum Gasteiger partial charge on any atom is 0.511 e. The summed E-state index contributed by atoms with van der Waals surface area (Å²) >= 11 is 2.34. The van der Waals surface area contributed by atoms with Crippen LogP contribution in [0.15, 0.2) is 21.8 Å². The number of anilines is 1. The molecule has 0 spiro atoms. The van der Waals surface area contributed by atoms with Crippen LogP contribution in [0.1, 0.15) is 12.6 Å². The lowest BCUT2D eigenvalue weighted by Crippen LogP contribution is -2.71. The van der Waals surface area contributed by atoms with Crippen molar-refractivity contribution < 1.29 is 43.3 Å². The van der Waals surface area contributed by atoms with Crippen molar-refractivity contribution in [2.24, 2.45) is 5.16 Å². The fraction of sp³-hybridized carbons (Fsp3) is 0.444. The van der Waals surface area contributed by atoms with Crippen molar-refractivity contribution >= 4 is 57.9 Å². The summed E-state index contributed by atoms with van der Waals surface area (Å²) in [7, 11) is 1.43. The Kier molecular flexibility index (Phi) is 8.30. The molecule has 34 heavy (non-hydrogen) atoms. The minimum Gasteiger partial charge on any atom is -0.435 e. The van der Waals surface area contributed by atoms with E-state index in [0.29, 0.717) is 11.3 Å². The van der Waals surface area contributed by atoms with Crippen molar-refractivity contribution in [1.29, 1.82) is 0 Å². The summed E-state index contributed by atoms with van der Waals surface area (Å²) in [5.74, 6) is -2.03. The Bertz CT molecular complexity index is 1040. The average Bonchev–Trinajstić information content (AvgIpc) is 3.23. The standard InChI is InChI=1S/C18H21N5O9S2/c1-3-30-18(27)32-7-31-16(26)12-8(4-29-2)5-33-15-11(14(25)23(12)15)21-13(24)10(22-28)9-6-34-17(19)20-9/h6,11,15,28H,3-5,7H2,1-2H3,(H2,19,20)(H,21,24)/t11?,15-/m1/s1. The Morgan fingerprint density at radius 3 is 2.74 bits per heavy atom. The predicted molar refractivity (Wildman–Crippen MR) is 118 cm³/mol. The highest BCUT2D eigenvalue weighted by Gasteiger charge is 2.54. The zero-order valence-electron chi connectivity index (χ0n) is 18.0. The summed E-state index contributed by atoms with van der Waals surface area (Å²) in [4.78, 5) is 54.5. The zero-order valence-corrected chi connectivity index (χ0v) is 19.6. The first-order chi connectivity index (χ1) is 16.3. The van der Waals surface area contributed by atoms with E-state index in [0.717, 1.165) is 11.3 Å². The van der Waals surface area contributed by atoms with Crippen LogP contribution in [0.4, 0.5) is 9.93 Å². The van der Waals surface area contributed by atoms with E-state index in [1.807, 2.05) is 0 Å². The number of methoxy groups -OCH3 is 1. The van der Waals surface area contributed by atoms with Crippen molar-refractivity contribution in [2.75, 3.05) is 38.6 Å². The van der Waals surface area contributed by atoms with Gasteiger partial charge in [-0.25, -0.2) is 14.6 Å². The Morgan fingerprint density at radius 2 is 2.12 bits per heavy atom. The molecular weight excluding hydrogens is 494 g/mol. The summed E-state index contributed by atoms with van der Waals surface area (Å²) in [6, 6.07) is -1.01. The van der Waals surface area contributed by atoms with Crippen molar-refractivity contribution in [3.63, 3.8) is 0 Å². The van der Waals surface area contributed by atoms with Gasteiger partial charge in [0.2, 0.25) is 6.79 Å². The molecule has 0 saturated carbocycles. The number of thiazole rings is 1. The van der Waals surface area contributed by atoms with Gasteiger partial charge < -0.3 is 35.2 Å². The van der Waals surface area contributed by atoms with Crippen LogP contribution in [0.5, 0.6) is 0 Å². The van der Waals surface area contributed by atoms with Crippen LogP contribution in [0, 0.1) is 0 Å². The number of fused-ring (bicyclic) bond motifs is 1. The number of β-lactam (4-membered cyclic amide) rings is 1. The number of hydrogen-bond acceptors (Lipinski definition) is 14. The van der Waals surface area contributed by atoms with Crippen LogP contribution >= 0.6 is 23.1 Å². The zero-order chi connectivity index (χ0) is 24.8. The number of oxime groups is 1. The Labute approximate surface area is 201 Å². The summed E-state index contributed by atoms with van der Waals surface area (Å²) in [5.41, 5.74) is 5.62. The molecule has 2 aliphatic rings. The van der Waals surface area contributed by atoms with Crippen LogP contribution in [0.3, 0.4) is 0 Å². The molecule has 1 fully saturated rings. The first kappa shape index (κ1) is 25.3. The van der Waals surface area contributed by atoms with Gasteiger partial charge in [0.15, 0.2) is 10.8 Å². The highest BCUT2D eigenvalue weighted by atomic mass is 32.2.